The summed E-state index contributed by atoms with van der Waals surface area (Å²) < 4.78 is 27.0. The highest BCUT2D eigenvalue weighted by atomic mass is 79.9. The van der Waals surface area contributed by atoms with Crippen molar-refractivity contribution in [3.8, 4) is 0 Å². The van der Waals surface area contributed by atoms with E-state index < -0.39 is 10.0 Å². The molecule has 1 aromatic heterocycles. The van der Waals surface area contributed by atoms with Crippen LogP contribution in [0.5, 0.6) is 0 Å². The van der Waals surface area contributed by atoms with Crippen molar-refractivity contribution in [3.63, 3.8) is 0 Å². The third kappa shape index (κ3) is 4.69. The van der Waals surface area contributed by atoms with Crippen molar-refractivity contribution in [1.82, 2.24) is 4.72 Å². The summed E-state index contributed by atoms with van der Waals surface area (Å²) in [6, 6.07) is 3.49. The lowest BCUT2D eigenvalue weighted by Crippen LogP contribution is -2.28. The van der Waals surface area contributed by atoms with Crippen LogP contribution in [0.2, 0.25) is 0 Å². The molecule has 0 fully saturated rings. The summed E-state index contributed by atoms with van der Waals surface area (Å²) >= 11 is 4.69. The SMILES string of the molecule is CCC(CCBr)CNS(=O)(=O)c1ccc(C)s1. The summed E-state index contributed by atoms with van der Waals surface area (Å²) in [5.41, 5.74) is 0. The second-order valence-electron chi connectivity index (χ2n) is 3.97. The molecule has 0 aliphatic carbocycles. The van der Waals surface area contributed by atoms with Crippen molar-refractivity contribution >= 4 is 37.3 Å². The van der Waals surface area contributed by atoms with Crippen LogP contribution in [0.4, 0.5) is 0 Å². The van der Waals surface area contributed by atoms with Gasteiger partial charge in [-0.25, -0.2) is 13.1 Å². The van der Waals surface area contributed by atoms with Gasteiger partial charge in [0.2, 0.25) is 10.0 Å². The second kappa shape index (κ2) is 6.87. The van der Waals surface area contributed by atoms with Crippen molar-refractivity contribution in [1.29, 1.82) is 0 Å². The van der Waals surface area contributed by atoms with Gasteiger partial charge in [0.05, 0.1) is 0 Å². The molecule has 98 valence electrons. The zero-order valence-corrected chi connectivity index (χ0v) is 13.3. The molecule has 1 unspecified atom stereocenters. The lowest BCUT2D eigenvalue weighted by atomic mass is 10.0. The smallest absolute Gasteiger partial charge is 0.210 e. The second-order valence-corrected chi connectivity index (χ2v) is 8.04. The van der Waals surface area contributed by atoms with E-state index in [1.54, 1.807) is 6.07 Å². The molecule has 0 amide bonds. The molecule has 0 saturated heterocycles. The zero-order valence-electron chi connectivity index (χ0n) is 10.1. The van der Waals surface area contributed by atoms with Crippen molar-refractivity contribution in [2.24, 2.45) is 5.92 Å². The lowest BCUT2D eigenvalue weighted by Gasteiger charge is -2.13. The molecule has 1 atom stereocenters. The monoisotopic (exact) mass is 339 g/mol. The quantitative estimate of drug-likeness (QED) is 0.775. The Bertz CT molecular complexity index is 442. The van der Waals surface area contributed by atoms with Crippen molar-refractivity contribution in [3.05, 3.63) is 17.0 Å². The Morgan fingerprint density at radius 2 is 2.18 bits per heavy atom. The van der Waals surface area contributed by atoms with Gasteiger partial charge in [-0.2, -0.15) is 0 Å². The van der Waals surface area contributed by atoms with Crippen LogP contribution >= 0.6 is 27.3 Å². The molecule has 0 aromatic carbocycles. The van der Waals surface area contributed by atoms with E-state index in [0.29, 0.717) is 16.7 Å². The number of halogens is 1. The molecule has 1 N–H and O–H groups in total. The summed E-state index contributed by atoms with van der Waals surface area (Å²) in [6.07, 6.45) is 1.97. The molecular weight excluding hydrogens is 322 g/mol. The predicted molar refractivity (Wildman–Crippen MR) is 76.4 cm³/mol. The van der Waals surface area contributed by atoms with Gasteiger partial charge in [0.15, 0.2) is 0 Å². The van der Waals surface area contributed by atoms with Gasteiger partial charge in [-0.05, 0) is 31.4 Å². The van der Waals surface area contributed by atoms with Gasteiger partial charge in [-0.1, -0.05) is 29.3 Å². The van der Waals surface area contributed by atoms with Gasteiger partial charge in [0.1, 0.15) is 4.21 Å². The fraction of sp³-hybridized carbons (Fsp3) is 0.636. The molecule has 0 radical (unpaired) electrons. The molecule has 1 rings (SSSR count). The first-order valence-corrected chi connectivity index (χ1v) is 9.03. The van der Waals surface area contributed by atoms with Gasteiger partial charge >= 0.3 is 0 Å². The molecule has 6 heteroatoms. The number of aryl methyl sites for hydroxylation is 1. The summed E-state index contributed by atoms with van der Waals surface area (Å²) in [7, 11) is -3.31. The highest BCUT2D eigenvalue weighted by Crippen LogP contribution is 2.20. The van der Waals surface area contributed by atoms with E-state index in [1.165, 1.54) is 11.3 Å². The Hall–Kier alpha value is 0.0900. The molecule has 3 nitrogen and oxygen atoms in total. The molecular formula is C11H18BrNO2S2. The van der Waals surface area contributed by atoms with Crippen molar-refractivity contribution in [2.75, 3.05) is 11.9 Å². The number of alkyl halides is 1. The molecule has 0 spiro atoms. The molecule has 17 heavy (non-hydrogen) atoms. The first-order valence-electron chi connectivity index (χ1n) is 5.61. The lowest BCUT2D eigenvalue weighted by molar-refractivity contribution is 0.483. The van der Waals surface area contributed by atoms with E-state index >= 15 is 0 Å². The number of thiophene rings is 1. The number of sulfonamides is 1. The first kappa shape index (κ1) is 15.1. The van der Waals surface area contributed by atoms with Gasteiger partial charge in [-0.3, -0.25) is 0 Å². The van der Waals surface area contributed by atoms with E-state index in [1.807, 2.05) is 13.0 Å². The zero-order chi connectivity index (χ0) is 12.9. The maximum Gasteiger partial charge on any atom is 0.250 e. The van der Waals surface area contributed by atoms with Gasteiger partial charge < -0.3 is 0 Å². The predicted octanol–water partition coefficient (Wildman–Crippen LogP) is 3.15. The normalized spacial score (nSPS) is 13.8. The highest BCUT2D eigenvalue weighted by Gasteiger charge is 2.17. The van der Waals surface area contributed by atoms with Crippen LogP contribution in [0.25, 0.3) is 0 Å². The van der Waals surface area contributed by atoms with Gasteiger partial charge in [0, 0.05) is 16.8 Å². The maximum absolute atomic E-state index is 12.0. The van der Waals surface area contributed by atoms with E-state index in [0.717, 1.165) is 23.0 Å². The minimum atomic E-state index is -3.31. The van der Waals surface area contributed by atoms with Crippen LogP contribution in [-0.2, 0) is 10.0 Å². The first-order chi connectivity index (χ1) is 7.99. The Labute approximate surface area is 116 Å². The number of rotatable bonds is 7. The highest BCUT2D eigenvalue weighted by molar-refractivity contribution is 9.09. The van der Waals surface area contributed by atoms with Crippen LogP contribution in [0.15, 0.2) is 16.3 Å². The Balaban J connectivity index is 2.61. The minimum absolute atomic E-state index is 0.394. The summed E-state index contributed by atoms with van der Waals surface area (Å²) in [6.45, 7) is 4.50. The Morgan fingerprint density at radius 3 is 2.65 bits per heavy atom. The van der Waals surface area contributed by atoms with E-state index in [9.17, 15) is 8.42 Å². The largest absolute Gasteiger partial charge is 0.250 e. The van der Waals surface area contributed by atoms with Crippen molar-refractivity contribution in [2.45, 2.75) is 30.9 Å². The Morgan fingerprint density at radius 1 is 1.47 bits per heavy atom. The van der Waals surface area contributed by atoms with E-state index in [2.05, 4.69) is 27.6 Å². The van der Waals surface area contributed by atoms with Gasteiger partial charge in [-0.15, -0.1) is 11.3 Å². The minimum Gasteiger partial charge on any atom is -0.210 e. The molecule has 1 aromatic rings. The molecule has 0 aliphatic heterocycles. The number of nitrogens with one attached hydrogen (secondary N) is 1. The van der Waals surface area contributed by atoms with E-state index in [4.69, 9.17) is 0 Å². The number of hydrogen-bond acceptors (Lipinski definition) is 3. The molecule has 0 aliphatic rings. The number of hydrogen-bond donors (Lipinski definition) is 1. The third-order valence-corrected chi connectivity index (χ3v) is 6.01. The summed E-state index contributed by atoms with van der Waals surface area (Å²) in [4.78, 5) is 1.01. The average Bonchev–Trinajstić information content (AvgIpc) is 2.72. The average molecular weight is 340 g/mol. The van der Waals surface area contributed by atoms with Crippen LogP contribution in [0, 0.1) is 12.8 Å². The van der Waals surface area contributed by atoms with Crippen LogP contribution in [-0.4, -0.2) is 20.3 Å². The maximum atomic E-state index is 12.0. The van der Waals surface area contributed by atoms with Gasteiger partial charge in [0.25, 0.3) is 0 Å². The van der Waals surface area contributed by atoms with Crippen LogP contribution in [0.1, 0.15) is 24.6 Å². The molecule has 1 heterocycles. The topological polar surface area (TPSA) is 46.2 Å². The van der Waals surface area contributed by atoms with Crippen LogP contribution in [0.3, 0.4) is 0 Å². The fourth-order valence-electron chi connectivity index (χ4n) is 1.46. The molecule has 0 bridgehead atoms. The third-order valence-electron chi connectivity index (χ3n) is 2.64. The van der Waals surface area contributed by atoms with Crippen molar-refractivity contribution < 1.29 is 8.42 Å². The standard InChI is InChI=1S/C11H18BrNO2S2/c1-3-10(6-7-12)8-13-17(14,15)11-5-4-9(2)16-11/h4-5,10,13H,3,6-8H2,1-2H3. The fourth-order valence-corrected chi connectivity index (χ4v) is 4.55. The van der Waals surface area contributed by atoms with E-state index in [-0.39, 0.29) is 0 Å². The Kier molecular flexibility index (Phi) is 6.12. The summed E-state index contributed by atoms with van der Waals surface area (Å²) in [5.74, 6) is 0.394. The molecule has 0 saturated carbocycles. The van der Waals surface area contributed by atoms with Crippen LogP contribution < -0.4 is 4.72 Å². The summed E-state index contributed by atoms with van der Waals surface area (Å²) in [5, 5.41) is 0.908.